The molecule has 4 heteroatoms. The van der Waals surface area contributed by atoms with E-state index in [1.165, 1.54) is 0 Å². The summed E-state index contributed by atoms with van der Waals surface area (Å²) in [6, 6.07) is 7.95. The first kappa shape index (κ1) is 8.23. The highest BCUT2D eigenvalue weighted by Crippen LogP contribution is 2.22. The van der Waals surface area contributed by atoms with Crippen molar-refractivity contribution in [2.24, 2.45) is 7.05 Å². The highest BCUT2D eigenvalue weighted by Gasteiger charge is 2.04. The minimum absolute atomic E-state index is 0.848. The molecule has 3 aromatic rings. The van der Waals surface area contributed by atoms with E-state index < -0.39 is 0 Å². The van der Waals surface area contributed by atoms with E-state index >= 15 is 0 Å². The molecule has 15 heavy (non-hydrogen) atoms. The van der Waals surface area contributed by atoms with E-state index in [0.717, 1.165) is 22.2 Å². The Morgan fingerprint density at radius 1 is 1.27 bits per heavy atom. The van der Waals surface area contributed by atoms with E-state index in [2.05, 4.69) is 16.3 Å². The lowest BCUT2D eigenvalue weighted by molar-refractivity contribution is 0.422. The highest BCUT2D eigenvalue weighted by molar-refractivity contribution is 5.83. The zero-order valence-electron chi connectivity index (χ0n) is 8.21. The van der Waals surface area contributed by atoms with Gasteiger partial charge in [0, 0.05) is 24.1 Å². The van der Waals surface area contributed by atoms with Crippen LogP contribution in [0.4, 0.5) is 0 Å². The van der Waals surface area contributed by atoms with Crippen LogP contribution in [0.15, 0.2) is 41.2 Å². The zero-order chi connectivity index (χ0) is 10.3. The van der Waals surface area contributed by atoms with Crippen LogP contribution in [-0.2, 0) is 7.05 Å². The van der Waals surface area contributed by atoms with Crippen LogP contribution in [0.2, 0.25) is 0 Å². The van der Waals surface area contributed by atoms with E-state index in [0.29, 0.717) is 0 Å². The highest BCUT2D eigenvalue weighted by atomic mass is 16.5. The molecular weight excluding hydrogens is 190 g/mol. The zero-order valence-corrected chi connectivity index (χ0v) is 8.21. The van der Waals surface area contributed by atoms with Crippen molar-refractivity contribution < 1.29 is 4.52 Å². The number of rotatable bonds is 1. The predicted octanol–water partition coefficient (Wildman–Crippen LogP) is 2.23. The second kappa shape index (κ2) is 2.95. The Labute approximate surface area is 86.1 Å². The maximum atomic E-state index is 4.82. The third kappa shape index (κ3) is 1.22. The van der Waals surface area contributed by atoms with Gasteiger partial charge in [-0.25, -0.2) is 0 Å². The number of fused-ring (bicyclic) bond motifs is 1. The van der Waals surface area contributed by atoms with Crippen molar-refractivity contribution in [1.29, 1.82) is 0 Å². The summed E-state index contributed by atoms with van der Waals surface area (Å²) >= 11 is 0. The van der Waals surface area contributed by atoms with Crippen LogP contribution in [0.3, 0.4) is 0 Å². The SMILES string of the molecule is Cn1ncc2cc(-c3ccon3)ccc21. The van der Waals surface area contributed by atoms with Gasteiger partial charge in [-0.15, -0.1) is 0 Å². The molecule has 2 aromatic heterocycles. The molecule has 2 heterocycles. The molecule has 0 unspecified atom stereocenters. The van der Waals surface area contributed by atoms with Crippen molar-refractivity contribution in [2.75, 3.05) is 0 Å². The van der Waals surface area contributed by atoms with Crippen molar-refractivity contribution in [1.82, 2.24) is 14.9 Å². The first-order chi connectivity index (χ1) is 7.34. The van der Waals surface area contributed by atoms with E-state index in [-0.39, 0.29) is 0 Å². The maximum Gasteiger partial charge on any atom is 0.124 e. The first-order valence-electron chi connectivity index (χ1n) is 4.67. The Hall–Kier alpha value is -2.10. The van der Waals surface area contributed by atoms with Gasteiger partial charge in [0.2, 0.25) is 0 Å². The summed E-state index contributed by atoms with van der Waals surface area (Å²) in [6.07, 6.45) is 3.42. The summed E-state index contributed by atoms with van der Waals surface area (Å²) in [4.78, 5) is 0. The minimum Gasteiger partial charge on any atom is -0.364 e. The summed E-state index contributed by atoms with van der Waals surface area (Å²) in [5, 5.41) is 9.20. The van der Waals surface area contributed by atoms with Crippen molar-refractivity contribution >= 4 is 10.9 Å². The van der Waals surface area contributed by atoms with E-state index in [1.54, 1.807) is 6.26 Å². The van der Waals surface area contributed by atoms with E-state index in [9.17, 15) is 0 Å². The second-order valence-corrected chi connectivity index (χ2v) is 3.43. The molecule has 0 spiro atoms. The maximum absolute atomic E-state index is 4.82. The van der Waals surface area contributed by atoms with Crippen LogP contribution >= 0.6 is 0 Å². The number of nitrogens with zero attached hydrogens (tertiary/aromatic N) is 3. The van der Waals surface area contributed by atoms with E-state index in [4.69, 9.17) is 4.52 Å². The molecule has 4 nitrogen and oxygen atoms in total. The molecule has 0 saturated heterocycles. The fourth-order valence-corrected chi connectivity index (χ4v) is 1.68. The lowest BCUT2D eigenvalue weighted by Gasteiger charge is -1.97. The fraction of sp³-hybridized carbons (Fsp3) is 0.0909. The summed E-state index contributed by atoms with van der Waals surface area (Å²) in [5.74, 6) is 0. The molecule has 0 aliphatic heterocycles. The normalized spacial score (nSPS) is 11.0. The van der Waals surface area contributed by atoms with Gasteiger partial charge in [-0.05, 0) is 12.1 Å². The summed E-state index contributed by atoms with van der Waals surface area (Å²) in [6.45, 7) is 0. The molecule has 3 rings (SSSR count). The predicted molar refractivity (Wildman–Crippen MR) is 56.2 cm³/mol. The Morgan fingerprint density at radius 3 is 3.00 bits per heavy atom. The fourth-order valence-electron chi connectivity index (χ4n) is 1.68. The van der Waals surface area contributed by atoms with Gasteiger partial charge in [0.1, 0.15) is 12.0 Å². The van der Waals surface area contributed by atoms with Gasteiger partial charge >= 0.3 is 0 Å². The molecule has 74 valence electrons. The molecule has 1 aromatic carbocycles. The second-order valence-electron chi connectivity index (χ2n) is 3.43. The van der Waals surface area contributed by atoms with Crippen LogP contribution < -0.4 is 0 Å². The lowest BCUT2D eigenvalue weighted by Crippen LogP contribution is -1.88. The standard InChI is InChI=1S/C11H9N3O/c1-14-11-3-2-8(6-9(11)7-12-14)10-4-5-15-13-10/h2-7H,1H3. The summed E-state index contributed by atoms with van der Waals surface area (Å²) < 4.78 is 6.66. The smallest absolute Gasteiger partial charge is 0.124 e. The van der Waals surface area contributed by atoms with Crippen LogP contribution in [0.25, 0.3) is 22.2 Å². The molecule has 0 radical (unpaired) electrons. The van der Waals surface area contributed by atoms with Gasteiger partial charge in [0.05, 0.1) is 11.7 Å². The lowest BCUT2D eigenvalue weighted by atomic mass is 10.1. The average Bonchev–Trinajstić information content (AvgIpc) is 2.88. The first-order valence-corrected chi connectivity index (χ1v) is 4.67. The molecule has 0 saturated carbocycles. The van der Waals surface area contributed by atoms with Crippen LogP contribution in [0.5, 0.6) is 0 Å². The largest absolute Gasteiger partial charge is 0.364 e. The molecule has 0 bridgehead atoms. The number of hydrogen-bond acceptors (Lipinski definition) is 3. The molecule has 0 N–H and O–H groups in total. The summed E-state index contributed by atoms with van der Waals surface area (Å²) in [7, 11) is 1.93. The molecule has 0 atom stereocenters. The summed E-state index contributed by atoms with van der Waals surface area (Å²) in [5.41, 5.74) is 3.01. The minimum atomic E-state index is 0.848. The number of benzene rings is 1. The molecule has 0 aliphatic carbocycles. The molecule has 0 fully saturated rings. The Kier molecular flexibility index (Phi) is 1.62. The average molecular weight is 199 g/mol. The number of aryl methyl sites for hydroxylation is 1. The van der Waals surface area contributed by atoms with Gasteiger partial charge < -0.3 is 4.52 Å². The third-order valence-electron chi connectivity index (χ3n) is 2.48. The Morgan fingerprint density at radius 2 is 2.20 bits per heavy atom. The van der Waals surface area contributed by atoms with Gasteiger partial charge in [-0.2, -0.15) is 5.10 Å². The third-order valence-corrected chi connectivity index (χ3v) is 2.48. The monoisotopic (exact) mass is 199 g/mol. The molecule has 0 amide bonds. The van der Waals surface area contributed by atoms with Gasteiger partial charge in [-0.3, -0.25) is 4.68 Å². The van der Waals surface area contributed by atoms with Crippen LogP contribution in [0, 0.1) is 0 Å². The van der Waals surface area contributed by atoms with Crippen molar-refractivity contribution in [3.05, 3.63) is 36.7 Å². The quantitative estimate of drug-likeness (QED) is 0.603. The van der Waals surface area contributed by atoms with Crippen molar-refractivity contribution in [3.8, 4) is 11.3 Å². The number of hydrogen-bond donors (Lipinski definition) is 0. The topological polar surface area (TPSA) is 43.9 Å². The number of aromatic nitrogens is 3. The van der Waals surface area contributed by atoms with E-state index in [1.807, 2.05) is 36.1 Å². The van der Waals surface area contributed by atoms with Crippen LogP contribution in [0.1, 0.15) is 0 Å². The van der Waals surface area contributed by atoms with Crippen molar-refractivity contribution in [3.63, 3.8) is 0 Å². The van der Waals surface area contributed by atoms with Gasteiger partial charge in [-0.1, -0.05) is 11.2 Å². The van der Waals surface area contributed by atoms with Gasteiger partial charge in [0.15, 0.2) is 0 Å². The molecular formula is C11H9N3O. The molecule has 0 aliphatic rings. The Balaban J connectivity index is 2.23. The van der Waals surface area contributed by atoms with Gasteiger partial charge in [0.25, 0.3) is 0 Å². The van der Waals surface area contributed by atoms with Crippen molar-refractivity contribution in [2.45, 2.75) is 0 Å². The Bertz CT molecular complexity index is 595. The van der Waals surface area contributed by atoms with Crippen LogP contribution in [-0.4, -0.2) is 14.9 Å².